The Labute approximate surface area is 180 Å². The molecule has 6 nitrogen and oxygen atoms in total. The number of nitrogens with zero attached hydrogens (tertiary/aromatic N) is 2. The van der Waals surface area contributed by atoms with Gasteiger partial charge in [0.1, 0.15) is 11.4 Å². The second-order valence-electron chi connectivity index (χ2n) is 7.16. The summed E-state index contributed by atoms with van der Waals surface area (Å²) >= 11 is 0. The van der Waals surface area contributed by atoms with Gasteiger partial charge in [0, 0.05) is 5.56 Å². The number of hydrogen-bond acceptors (Lipinski definition) is 4. The van der Waals surface area contributed by atoms with Crippen LogP contribution >= 0.6 is 0 Å². The number of carbonyl (C=O) groups is 1. The maximum absolute atomic E-state index is 12.7. The summed E-state index contributed by atoms with van der Waals surface area (Å²) in [6.07, 6.45) is 0. The molecule has 1 amide bonds. The second kappa shape index (κ2) is 8.83. The Morgan fingerprint density at radius 1 is 1.00 bits per heavy atom. The van der Waals surface area contributed by atoms with Gasteiger partial charge in [-0.1, -0.05) is 36.4 Å². The Bertz CT molecular complexity index is 1290. The molecule has 6 heteroatoms. The Kier molecular flexibility index (Phi) is 5.80. The van der Waals surface area contributed by atoms with Crippen LogP contribution in [0.1, 0.15) is 28.5 Å². The second-order valence-corrected chi connectivity index (χ2v) is 7.16. The lowest BCUT2D eigenvalue weighted by molar-refractivity contribution is 0.102. The molecule has 4 rings (SSSR count). The van der Waals surface area contributed by atoms with Crippen molar-refractivity contribution in [3.8, 4) is 5.75 Å². The molecular formula is C25H23N3O3. The average Bonchev–Trinajstić information content (AvgIpc) is 2.79. The first-order valence-corrected chi connectivity index (χ1v) is 10.1. The summed E-state index contributed by atoms with van der Waals surface area (Å²) in [5, 5.41) is 2.89. The zero-order valence-electron chi connectivity index (χ0n) is 17.5. The van der Waals surface area contributed by atoms with E-state index in [4.69, 9.17) is 4.74 Å². The van der Waals surface area contributed by atoms with Crippen molar-refractivity contribution in [1.82, 2.24) is 9.55 Å². The lowest BCUT2D eigenvalue weighted by atomic mass is 10.1. The number of anilines is 1. The van der Waals surface area contributed by atoms with Crippen molar-refractivity contribution in [1.29, 1.82) is 0 Å². The predicted molar refractivity (Wildman–Crippen MR) is 122 cm³/mol. The van der Waals surface area contributed by atoms with E-state index in [2.05, 4.69) is 10.3 Å². The molecular weight excluding hydrogens is 390 g/mol. The van der Waals surface area contributed by atoms with Crippen LogP contribution in [0.25, 0.3) is 11.0 Å². The molecule has 0 bridgehead atoms. The fourth-order valence-corrected chi connectivity index (χ4v) is 3.47. The molecule has 156 valence electrons. The predicted octanol–water partition coefficient (Wildman–Crippen LogP) is 4.40. The van der Waals surface area contributed by atoms with Gasteiger partial charge in [0.15, 0.2) is 0 Å². The molecule has 0 spiro atoms. The third-order valence-electron chi connectivity index (χ3n) is 5.01. The van der Waals surface area contributed by atoms with Crippen molar-refractivity contribution in [2.45, 2.75) is 20.4 Å². The van der Waals surface area contributed by atoms with Gasteiger partial charge in [0.25, 0.3) is 11.5 Å². The number of amides is 1. The van der Waals surface area contributed by atoms with E-state index in [-0.39, 0.29) is 11.5 Å². The van der Waals surface area contributed by atoms with Crippen LogP contribution < -0.4 is 15.6 Å². The molecule has 0 radical (unpaired) electrons. The molecule has 1 aromatic heterocycles. The summed E-state index contributed by atoms with van der Waals surface area (Å²) in [5.41, 5.74) is 3.98. The number of rotatable bonds is 6. The Hall–Kier alpha value is -3.93. The van der Waals surface area contributed by atoms with Gasteiger partial charge < -0.3 is 14.6 Å². The molecule has 4 aromatic rings. The number of benzene rings is 3. The van der Waals surface area contributed by atoms with Gasteiger partial charge >= 0.3 is 0 Å². The summed E-state index contributed by atoms with van der Waals surface area (Å²) in [4.78, 5) is 29.7. The minimum Gasteiger partial charge on any atom is -0.492 e. The van der Waals surface area contributed by atoms with Crippen LogP contribution in [0.5, 0.6) is 5.75 Å². The van der Waals surface area contributed by atoms with Crippen molar-refractivity contribution < 1.29 is 9.53 Å². The van der Waals surface area contributed by atoms with Crippen molar-refractivity contribution in [2.24, 2.45) is 0 Å². The van der Waals surface area contributed by atoms with E-state index in [1.807, 2.05) is 61.5 Å². The van der Waals surface area contributed by atoms with Crippen molar-refractivity contribution in [3.05, 3.63) is 100.0 Å². The average molecular weight is 413 g/mol. The topological polar surface area (TPSA) is 73.2 Å². The molecule has 0 aliphatic heterocycles. The molecule has 0 atom stereocenters. The molecule has 0 aliphatic rings. The van der Waals surface area contributed by atoms with Crippen LogP contribution in [0.2, 0.25) is 0 Å². The van der Waals surface area contributed by atoms with E-state index in [1.165, 1.54) is 0 Å². The molecule has 0 aliphatic carbocycles. The maximum atomic E-state index is 12.7. The summed E-state index contributed by atoms with van der Waals surface area (Å²) < 4.78 is 7.28. The first-order chi connectivity index (χ1) is 15.1. The number of aryl methyl sites for hydroxylation is 1. The molecule has 0 saturated heterocycles. The zero-order chi connectivity index (χ0) is 21.8. The first kappa shape index (κ1) is 20.3. The number of hydrogen-bond donors (Lipinski definition) is 1. The quantitative estimate of drug-likeness (QED) is 0.508. The van der Waals surface area contributed by atoms with Gasteiger partial charge in [-0.05, 0) is 55.8 Å². The number of fused-ring (bicyclic) bond motifs is 1. The van der Waals surface area contributed by atoms with E-state index < -0.39 is 0 Å². The zero-order valence-corrected chi connectivity index (χ0v) is 17.5. The van der Waals surface area contributed by atoms with Crippen LogP contribution in [-0.4, -0.2) is 22.1 Å². The highest BCUT2D eigenvalue weighted by atomic mass is 16.5. The largest absolute Gasteiger partial charge is 0.492 e. The van der Waals surface area contributed by atoms with E-state index in [1.54, 1.807) is 29.7 Å². The third kappa shape index (κ3) is 4.33. The number of para-hydroxylation sites is 4. The number of carbonyl (C=O) groups excluding carboxylic acids is 1. The molecule has 0 fully saturated rings. The summed E-state index contributed by atoms with van der Waals surface area (Å²) in [7, 11) is 0. The minimum absolute atomic E-state index is 0.118. The third-order valence-corrected chi connectivity index (χ3v) is 5.01. The molecule has 1 heterocycles. The Morgan fingerprint density at radius 2 is 1.71 bits per heavy atom. The number of aromatic nitrogens is 2. The minimum atomic E-state index is -0.221. The van der Waals surface area contributed by atoms with Crippen molar-refractivity contribution in [2.75, 3.05) is 11.9 Å². The fourth-order valence-electron chi connectivity index (χ4n) is 3.47. The highest BCUT2D eigenvalue weighted by molar-refractivity contribution is 6.05. The van der Waals surface area contributed by atoms with Gasteiger partial charge in [0.05, 0.1) is 29.9 Å². The van der Waals surface area contributed by atoms with Crippen LogP contribution in [-0.2, 0) is 6.54 Å². The Balaban J connectivity index is 1.56. The van der Waals surface area contributed by atoms with E-state index in [0.29, 0.717) is 35.8 Å². The molecule has 0 saturated carbocycles. The van der Waals surface area contributed by atoms with Crippen LogP contribution in [0.4, 0.5) is 5.69 Å². The molecule has 1 N–H and O–H groups in total. The number of ether oxygens (including phenoxy) is 1. The van der Waals surface area contributed by atoms with Crippen molar-refractivity contribution in [3.63, 3.8) is 0 Å². The highest BCUT2D eigenvalue weighted by Gasteiger charge is 2.11. The van der Waals surface area contributed by atoms with Crippen LogP contribution in [0, 0.1) is 6.92 Å². The lowest BCUT2D eigenvalue weighted by Crippen LogP contribution is -2.24. The van der Waals surface area contributed by atoms with Crippen LogP contribution in [0.3, 0.4) is 0 Å². The monoisotopic (exact) mass is 413 g/mol. The van der Waals surface area contributed by atoms with E-state index >= 15 is 0 Å². The normalized spacial score (nSPS) is 10.8. The first-order valence-electron chi connectivity index (χ1n) is 10.1. The van der Waals surface area contributed by atoms with Crippen molar-refractivity contribution >= 4 is 22.6 Å². The van der Waals surface area contributed by atoms with Gasteiger partial charge in [-0.15, -0.1) is 0 Å². The lowest BCUT2D eigenvalue weighted by Gasteiger charge is -2.13. The van der Waals surface area contributed by atoms with Crippen LogP contribution in [0.15, 0.2) is 77.6 Å². The maximum Gasteiger partial charge on any atom is 0.272 e. The van der Waals surface area contributed by atoms with Gasteiger partial charge in [-0.2, -0.15) is 0 Å². The van der Waals surface area contributed by atoms with E-state index in [0.717, 1.165) is 16.6 Å². The summed E-state index contributed by atoms with van der Waals surface area (Å²) in [6.45, 7) is 4.54. The van der Waals surface area contributed by atoms with E-state index in [9.17, 15) is 9.59 Å². The molecule has 31 heavy (non-hydrogen) atoms. The van der Waals surface area contributed by atoms with Gasteiger partial charge in [-0.25, -0.2) is 4.98 Å². The SMILES string of the molecule is CCOc1ccccc1NC(=O)c1ccc(Cn2c(=O)c(C)nc3ccccc32)cc1. The standard InChI is InChI=1S/C25H23N3O3/c1-3-31-23-11-7-5-9-21(23)27-24(29)19-14-12-18(13-15-19)16-28-22-10-6-4-8-20(22)26-17(2)25(28)30/h4-15H,3,16H2,1-2H3,(H,27,29). The smallest absolute Gasteiger partial charge is 0.272 e. The fraction of sp³-hybridized carbons (Fsp3) is 0.160. The summed E-state index contributed by atoms with van der Waals surface area (Å²) in [5.74, 6) is 0.412. The number of nitrogens with one attached hydrogen (secondary N) is 1. The van der Waals surface area contributed by atoms with Gasteiger partial charge in [-0.3, -0.25) is 9.59 Å². The highest BCUT2D eigenvalue weighted by Crippen LogP contribution is 2.24. The summed E-state index contributed by atoms with van der Waals surface area (Å²) in [6, 6.07) is 22.2. The molecule has 3 aromatic carbocycles. The van der Waals surface area contributed by atoms with Gasteiger partial charge in [0.2, 0.25) is 0 Å². The Morgan fingerprint density at radius 3 is 2.48 bits per heavy atom. The molecule has 0 unspecified atom stereocenters.